The highest BCUT2D eigenvalue weighted by Crippen LogP contribution is 2.40. The Labute approximate surface area is 123 Å². The van der Waals surface area contributed by atoms with Gasteiger partial charge in [-0.15, -0.1) is 0 Å². The van der Waals surface area contributed by atoms with E-state index in [0.29, 0.717) is 17.9 Å². The molecule has 3 nitrogen and oxygen atoms in total. The summed E-state index contributed by atoms with van der Waals surface area (Å²) in [6.45, 7) is 0.931. The summed E-state index contributed by atoms with van der Waals surface area (Å²) in [5.41, 5.74) is 0.194. The molecule has 0 radical (unpaired) electrons. The molecule has 3 heteroatoms. The zero-order valence-corrected chi connectivity index (χ0v) is 12.9. The predicted octanol–water partition coefficient (Wildman–Crippen LogP) is 3.31. The van der Waals surface area contributed by atoms with Gasteiger partial charge in [0.05, 0.1) is 5.60 Å². The first-order valence-electron chi connectivity index (χ1n) is 8.56. The molecule has 1 heterocycles. The lowest BCUT2D eigenvalue weighted by Gasteiger charge is -2.47. The van der Waals surface area contributed by atoms with E-state index in [1.807, 2.05) is 0 Å². The maximum Gasteiger partial charge on any atom is 0.133 e. The Hall–Kier alpha value is -0.410. The Morgan fingerprint density at radius 1 is 1.05 bits per heavy atom. The molecule has 1 spiro atoms. The van der Waals surface area contributed by atoms with Gasteiger partial charge in [0.15, 0.2) is 0 Å². The second-order valence-corrected chi connectivity index (χ2v) is 7.17. The molecule has 0 amide bonds. The van der Waals surface area contributed by atoms with Crippen molar-refractivity contribution in [2.75, 3.05) is 13.7 Å². The molecule has 3 fully saturated rings. The largest absolute Gasteiger partial charge is 0.375 e. The Balaban J connectivity index is 1.59. The summed E-state index contributed by atoms with van der Waals surface area (Å²) < 4.78 is 6.21. The molecule has 3 aliphatic rings. The monoisotopic (exact) mass is 279 g/mol. The van der Waals surface area contributed by atoms with Gasteiger partial charge in [0.2, 0.25) is 0 Å². The lowest BCUT2D eigenvalue weighted by atomic mass is 9.77. The van der Waals surface area contributed by atoms with Gasteiger partial charge < -0.3 is 9.64 Å². The van der Waals surface area contributed by atoms with E-state index in [1.54, 1.807) is 0 Å². The van der Waals surface area contributed by atoms with E-state index in [2.05, 4.69) is 11.9 Å². The van der Waals surface area contributed by atoms with Crippen LogP contribution < -0.4 is 0 Å². The molecule has 2 aliphatic carbocycles. The van der Waals surface area contributed by atoms with Crippen LogP contribution in [0.2, 0.25) is 0 Å². The summed E-state index contributed by atoms with van der Waals surface area (Å²) in [5, 5.41) is 0. The first-order chi connectivity index (χ1) is 9.69. The third kappa shape index (κ3) is 3.09. The number of ether oxygens (including phenoxy) is 1. The maximum absolute atomic E-state index is 11.4. The van der Waals surface area contributed by atoms with Gasteiger partial charge in [0, 0.05) is 31.5 Å². The molecule has 1 unspecified atom stereocenters. The van der Waals surface area contributed by atoms with Gasteiger partial charge in [-0.3, -0.25) is 4.79 Å². The van der Waals surface area contributed by atoms with Crippen molar-refractivity contribution in [3.8, 4) is 0 Å². The third-order valence-electron chi connectivity index (χ3n) is 5.90. The zero-order valence-electron chi connectivity index (χ0n) is 12.9. The number of rotatable bonds is 2. The fraction of sp³-hybridized carbons (Fsp3) is 0.941. The standard InChI is InChI=1S/C17H29NO2/c1-18(14-5-7-16(19)8-6-14)15-9-12-20-17(13-15)10-3-2-4-11-17/h14-15H,2-13H2,1H3. The molecule has 1 aliphatic heterocycles. The van der Waals surface area contributed by atoms with Gasteiger partial charge in [-0.05, 0) is 45.6 Å². The smallest absolute Gasteiger partial charge is 0.133 e. The highest BCUT2D eigenvalue weighted by atomic mass is 16.5. The van der Waals surface area contributed by atoms with Crippen LogP contribution in [0.3, 0.4) is 0 Å². The molecule has 2 saturated carbocycles. The van der Waals surface area contributed by atoms with Crippen LogP contribution in [-0.4, -0.2) is 42.0 Å². The minimum absolute atomic E-state index is 0.194. The van der Waals surface area contributed by atoms with Crippen LogP contribution in [0.15, 0.2) is 0 Å². The van der Waals surface area contributed by atoms with Gasteiger partial charge >= 0.3 is 0 Å². The second-order valence-electron chi connectivity index (χ2n) is 7.17. The van der Waals surface area contributed by atoms with E-state index in [-0.39, 0.29) is 5.60 Å². The average Bonchev–Trinajstić information content (AvgIpc) is 2.48. The Bertz CT molecular complexity index is 333. The van der Waals surface area contributed by atoms with E-state index in [1.165, 1.54) is 44.9 Å². The second kappa shape index (κ2) is 6.15. The quantitative estimate of drug-likeness (QED) is 0.776. The molecule has 1 saturated heterocycles. The van der Waals surface area contributed by atoms with E-state index in [0.717, 1.165) is 32.3 Å². The Morgan fingerprint density at radius 2 is 1.75 bits per heavy atom. The number of carbonyl (C=O) groups is 1. The molecule has 114 valence electrons. The van der Waals surface area contributed by atoms with Gasteiger partial charge in [0.25, 0.3) is 0 Å². The molecule has 0 bridgehead atoms. The topological polar surface area (TPSA) is 29.5 Å². The fourth-order valence-electron chi connectivity index (χ4n) is 4.52. The molecule has 0 aromatic heterocycles. The van der Waals surface area contributed by atoms with Crippen molar-refractivity contribution >= 4 is 5.78 Å². The van der Waals surface area contributed by atoms with Crippen molar-refractivity contribution in [1.82, 2.24) is 4.90 Å². The summed E-state index contributed by atoms with van der Waals surface area (Å²) in [6.07, 6.45) is 12.7. The first kappa shape index (κ1) is 14.5. The summed E-state index contributed by atoms with van der Waals surface area (Å²) in [6, 6.07) is 1.29. The van der Waals surface area contributed by atoms with Crippen LogP contribution in [0, 0.1) is 0 Å². The number of Topliss-reactive ketones (excluding diaryl/α,β-unsaturated/α-hetero) is 1. The van der Waals surface area contributed by atoms with Crippen molar-refractivity contribution in [2.24, 2.45) is 0 Å². The van der Waals surface area contributed by atoms with Crippen molar-refractivity contribution in [2.45, 2.75) is 88.3 Å². The van der Waals surface area contributed by atoms with Crippen LogP contribution in [0.1, 0.15) is 70.6 Å². The fourth-order valence-corrected chi connectivity index (χ4v) is 4.52. The number of hydrogen-bond acceptors (Lipinski definition) is 3. The summed E-state index contributed by atoms with van der Waals surface area (Å²) in [7, 11) is 2.28. The van der Waals surface area contributed by atoms with Crippen LogP contribution in [0.25, 0.3) is 0 Å². The lowest BCUT2D eigenvalue weighted by Crippen LogP contribution is -2.51. The number of ketones is 1. The molecule has 0 N–H and O–H groups in total. The molecule has 0 aromatic rings. The van der Waals surface area contributed by atoms with Crippen LogP contribution >= 0.6 is 0 Å². The SMILES string of the molecule is CN(C1CCC(=O)CC1)C1CCOC2(CCCCC2)C1. The predicted molar refractivity (Wildman–Crippen MR) is 79.8 cm³/mol. The number of carbonyl (C=O) groups excluding carboxylic acids is 1. The Kier molecular flexibility index (Phi) is 4.46. The maximum atomic E-state index is 11.4. The van der Waals surface area contributed by atoms with E-state index < -0.39 is 0 Å². The van der Waals surface area contributed by atoms with E-state index >= 15 is 0 Å². The average molecular weight is 279 g/mol. The molecular formula is C17H29NO2. The van der Waals surface area contributed by atoms with Crippen molar-refractivity contribution < 1.29 is 9.53 Å². The Morgan fingerprint density at radius 3 is 2.45 bits per heavy atom. The molecule has 0 aromatic carbocycles. The van der Waals surface area contributed by atoms with Gasteiger partial charge in [-0.2, -0.15) is 0 Å². The minimum Gasteiger partial charge on any atom is -0.375 e. The van der Waals surface area contributed by atoms with Gasteiger partial charge in [0.1, 0.15) is 5.78 Å². The highest BCUT2D eigenvalue weighted by Gasteiger charge is 2.40. The van der Waals surface area contributed by atoms with Crippen LogP contribution in [0.4, 0.5) is 0 Å². The van der Waals surface area contributed by atoms with Gasteiger partial charge in [-0.1, -0.05) is 19.3 Å². The van der Waals surface area contributed by atoms with Crippen molar-refractivity contribution in [3.05, 3.63) is 0 Å². The summed E-state index contributed by atoms with van der Waals surface area (Å²) in [4.78, 5) is 14.0. The van der Waals surface area contributed by atoms with Gasteiger partial charge in [-0.25, -0.2) is 0 Å². The summed E-state index contributed by atoms with van der Waals surface area (Å²) in [5.74, 6) is 0.463. The van der Waals surface area contributed by atoms with Crippen molar-refractivity contribution in [3.63, 3.8) is 0 Å². The third-order valence-corrected chi connectivity index (χ3v) is 5.90. The molecule has 20 heavy (non-hydrogen) atoms. The molecular weight excluding hydrogens is 250 g/mol. The van der Waals surface area contributed by atoms with E-state index in [9.17, 15) is 4.79 Å². The lowest BCUT2D eigenvalue weighted by molar-refractivity contribution is -0.130. The van der Waals surface area contributed by atoms with Crippen molar-refractivity contribution in [1.29, 1.82) is 0 Å². The zero-order chi connectivity index (χ0) is 14.0. The molecule has 3 rings (SSSR count). The van der Waals surface area contributed by atoms with Crippen LogP contribution in [-0.2, 0) is 9.53 Å². The number of hydrogen-bond donors (Lipinski definition) is 0. The first-order valence-corrected chi connectivity index (χ1v) is 8.56. The highest BCUT2D eigenvalue weighted by molar-refractivity contribution is 5.79. The van der Waals surface area contributed by atoms with E-state index in [4.69, 9.17) is 4.74 Å². The minimum atomic E-state index is 0.194. The molecule has 1 atom stereocenters. The normalized spacial score (nSPS) is 31.9. The summed E-state index contributed by atoms with van der Waals surface area (Å²) >= 11 is 0. The van der Waals surface area contributed by atoms with Crippen LogP contribution in [0.5, 0.6) is 0 Å². The number of nitrogens with zero attached hydrogens (tertiary/aromatic N) is 1.